The van der Waals surface area contributed by atoms with Crippen molar-refractivity contribution in [1.82, 2.24) is 20.3 Å². The Balaban J connectivity index is 1.63. The van der Waals surface area contributed by atoms with Crippen LogP contribution in [0.25, 0.3) is 11.1 Å². The molecule has 218 valence electrons. The van der Waals surface area contributed by atoms with Crippen molar-refractivity contribution in [2.45, 2.75) is 83.9 Å². The number of amides is 1. The van der Waals surface area contributed by atoms with Gasteiger partial charge in [0, 0.05) is 17.7 Å². The van der Waals surface area contributed by atoms with Crippen LogP contribution in [0.5, 0.6) is 5.75 Å². The van der Waals surface area contributed by atoms with Crippen molar-refractivity contribution in [1.29, 1.82) is 0 Å². The Kier molecular flexibility index (Phi) is 13.0. The van der Waals surface area contributed by atoms with Crippen LogP contribution in [-0.2, 0) is 12.7 Å². The summed E-state index contributed by atoms with van der Waals surface area (Å²) >= 11 is 3.47. The fourth-order valence-electron chi connectivity index (χ4n) is 4.45. The minimum absolute atomic E-state index is 0.184. The number of rotatable bonds is 17. The average molecular weight is 624 g/mol. The van der Waals surface area contributed by atoms with Crippen molar-refractivity contribution in [2.75, 3.05) is 13.2 Å². The summed E-state index contributed by atoms with van der Waals surface area (Å²) in [4.78, 5) is 14.4. The second-order valence-electron chi connectivity index (χ2n) is 9.82. The molecule has 3 rings (SSSR count). The van der Waals surface area contributed by atoms with E-state index in [4.69, 9.17) is 4.74 Å². The molecule has 1 amide bonds. The lowest BCUT2D eigenvalue weighted by atomic mass is 9.99. The molecule has 1 N–H and O–H groups in total. The van der Waals surface area contributed by atoms with E-state index < -0.39 is 11.7 Å². The number of halogens is 4. The molecule has 40 heavy (non-hydrogen) atoms. The maximum atomic E-state index is 13.4. The van der Waals surface area contributed by atoms with Crippen LogP contribution in [0.1, 0.15) is 87.1 Å². The predicted molar refractivity (Wildman–Crippen MR) is 154 cm³/mol. The van der Waals surface area contributed by atoms with Crippen molar-refractivity contribution in [2.24, 2.45) is 0 Å². The number of hydrogen-bond acceptors (Lipinski definition) is 4. The van der Waals surface area contributed by atoms with E-state index in [0.717, 1.165) is 31.4 Å². The predicted octanol–water partition coefficient (Wildman–Crippen LogP) is 8.46. The first kappa shape index (κ1) is 31.6. The van der Waals surface area contributed by atoms with Crippen LogP contribution in [0.15, 0.2) is 53.3 Å². The summed E-state index contributed by atoms with van der Waals surface area (Å²) in [5.41, 5.74) is 0.251. The summed E-state index contributed by atoms with van der Waals surface area (Å²) in [5.74, 6) is 0.0647. The van der Waals surface area contributed by atoms with Gasteiger partial charge in [0.1, 0.15) is 12.4 Å². The smallest absolute Gasteiger partial charge is 0.416 e. The summed E-state index contributed by atoms with van der Waals surface area (Å²) in [6.45, 7) is 3.30. The molecule has 0 spiro atoms. The highest BCUT2D eigenvalue weighted by molar-refractivity contribution is 9.10. The van der Waals surface area contributed by atoms with Crippen LogP contribution in [0.3, 0.4) is 0 Å². The zero-order valence-corrected chi connectivity index (χ0v) is 24.6. The van der Waals surface area contributed by atoms with Gasteiger partial charge < -0.3 is 10.1 Å². The maximum absolute atomic E-state index is 13.4. The van der Waals surface area contributed by atoms with Crippen molar-refractivity contribution in [3.8, 4) is 16.9 Å². The number of nitrogens with one attached hydrogen (secondary N) is 1. The minimum Gasteiger partial charge on any atom is -0.490 e. The molecule has 0 aliphatic carbocycles. The first-order valence-corrected chi connectivity index (χ1v) is 14.8. The minimum atomic E-state index is -4.50. The Labute approximate surface area is 242 Å². The van der Waals surface area contributed by atoms with Gasteiger partial charge in [-0.25, -0.2) is 0 Å². The molecule has 0 aliphatic rings. The normalized spacial score (nSPS) is 11.5. The molecule has 0 saturated carbocycles. The van der Waals surface area contributed by atoms with E-state index in [9.17, 15) is 18.0 Å². The number of benzene rings is 2. The summed E-state index contributed by atoms with van der Waals surface area (Å²) in [5, 5.41) is 11.0. The van der Waals surface area contributed by atoms with E-state index in [2.05, 4.69) is 38.4 Å². The molecular formula is C30H38BrF3N4O2. The second kappa shape index (κ2) is 16.4. The van der Waals surface area contributed by atoms with Gasteiger partial charge in [-0.3, -0.25) is 4.79 Å². The van der Waals surface area contributed by atoms with Crippen LogP contribution in [0, 0.1) is 0 Å². The third kappa shape index (κ3) is 10.3. The van der Waals surface area contributed by atoms with Crippen LogP contribution < -0.4 is 10.1 Å². The van der Waals surface area contributed by atoms with Crippen molar-refractivity contribution in [3.05, 3.63) is 64.4 Å². The molecule has 0 aliphatic heterocycles. The van der Waals surface area contributed by atoms with E-state index in [0.29, 0.717) is 40.0 Å². The Hall–Kier alpha value is -2.88. The molecule has 1 aromatic heterocycles. The topological polar surface area (TPSA) is 69.0 Å². The van der Waals surface area contributed by atoms with E-state index in [1.807, 2.05) is 0 Å². The van der Waals surface area contributed by atoms with Gasteiger partial charge in [0.2, 0.25) is 0 Å². The number of ether oxygens (including phenoxy) is 1. The summed E-state index contributed by atoms with van der Waals surface area (Å²) < 4.78 is 46.8. The van der Waals surface area contributed by atoms with Gasteiger partial charge in [-0.1, -0.05) is 76.8 Å². The average Bonchev–Trinajstić information content (AvgIpc) is 3.45. The lowest BCUT2D eigenvalue weighted by Crippen LogP contribution is -2.24. The van der Waals surface area contributed by atoms with Gasteiger partial charge >= 0.3 is 6.18 Å². The molecule has 0 bridgehead atoms. The highest BCUT2D eigenvalue weighted by Gasteiger charge is 2.31. The molecule has 2 aromatic carbocycles. The first-order chi connectivity index (χ1) is 19.3. The summed E-state index contributed by atoms with van der Waals surface area (Å²) in [6, 6.07) is 8.22. The number of unbranched alkanes of at least 4 members (excludes halogenated alkanes) is 9. The van der Waals surface area contributed by atoms with Crippen LogP contribution in [-0.4, -0.2) is 34.1 Å². The molecule has 6 nitrogen and oxygen atoms in total. The lowest BCUT2D eigenvalue weighted by molar-refractivity contribution is -0.137. The van der Waals surface area contributed by atoms with Crippen LogP contribution in [0.2, 0.25) is 0 Å². The molecule has 0 atom stereocenters. The first-order valence-electron chi connectivity index (χ1n) is 14.1. The van der Waals surface area contributed by atoms with Crippen molar-refractivity contribution >= 4 is 21.8 Å². The highest BCUT2D eigenvalue weighted by atomic mass is 79.9. The Morgan fingerprint density at radius 2 is 1.60 bits per heavy atom. The monoisotopic (exact) mass is 622 g/mol. The molecule has 0 saturated heterocycles. The number of alkyl halides is 3. The quantitative estimate of drug-likeness (QED) is 0.153. The Bertz CT molecular complexity index is 1190. The van der Waals surface area contributed by atoms with Crippen LogP contribution >= 0.6 is 15.9 Å². The third-order valence-corrected chi connectivity index (χ3v) is 7.22. The summed E-state index contributed by atoms with van der Waals surface area (Å²) in [7, 11) is 0. The molecule has 0 fully saturated rings. The third-order valence-electron chi connectivity index (χ3n) is 6.63. The Morgan fingerprint density at radius 3 is 2.25 bits per heavy atom. The van der Waals surface area contributed by atoms with E-state index in [1.165, 1.54) is 55.8 Å². The highest BCUT2D eigenvalue weighted by Crippen LogP contribution is 2.40. The maximum Gasteiger partial charge on any atom is 0.416 e. The van der Waals surface area contributed by atoms with E-state index >= 15 is 0 Å². The second-order valence-corrected chi connectivity index (χ2v) is 10.7. The fraction of sp³-hybridized carbons (Fsp3) is 0.500. The van der Waals surface area contributed by atoms with Crippen LogP contribution in [0.4, 0.5) is 13.2 Å². The van der Waals surface area contributed by atoms with Gasteiger partial charge in [0.05, 0.1) is 29.0 Å². The Morgan fingerprint density at radius 1 is 0.950 bits per heavy atom. The number of hydrogen-bond donors (Lipinski definition) is 1. The molecule has 0 radical (unpaired) electrons. The SMILES string of the molecule is CCCCCCCCCCCCNC(=O)c1cc(Br)c(OCCn2nccn2)c(-c2cccc(C(F)(F)F)c2)c1. The fourth-order valence-corrected chi connectivity index (χ4v) is 5.03. The lowest BCUT2D eigenvalue weighted by Gasteiger charge is -2.17. The molecule has 0 unspecified atom stereocenters. The van der Waals surface area contributed by atoms with Gasteiger partial charge in [-0.05, 0) is 52.2 Å². The number of aromatic nitrogens is 3. The van der Waals surface area contributed by atoms with Crippen molar-refractivity contribution < 1.29 is 22.7 Å². The van der Waals surface area contributed by atoms with E-state index in [1.54, 1.807) is 30.6 Å². The summed E-state index contributed by atoms with van der Waals surface area (Å²) in [6.07, 6.45) is 10.7. The largest absolute Gasteiger partial charge is 0.490 e. The van der Waals surface area contributed by atoms with Gasteiger partial charge in [-0.2, -0.15) is 28.2 Å². The standard InChI is InChI=1S/C30H38BrF3N4O2/c1-2-3-4-5-6-7-8-9-10-11-15-35-29(39)24-21-26(23-13-12-14-25(20-23)30(32,33)34)28(27(31)22-24)40-19-18-38-36-16-17-37-38/h12-14,16-17,20-22H,2-11,15,18-19H2,1H3,(H,35,39). The molecule has 3 aromatic rings. The van der Waals surface area contributed by atoms with Gasteiger partial charge in [0.15, 0.2) is 0 Å². The number of carbonyl (C=O) groups is 1. The molecule has 10 heteroatoms. The zero-order chi connectivity index (χ0) is 28.8. The number of nitrogens with zero attached hydrogens (tertiary/aromatic N) is 3. The number of carbonyl (C=O) groups excluding carboxylic acids is 1. The van der Waals surface area contributed by atoms with E-state index in [-0.39, 0.29) is 12.5 Å². The molecule has 1 heterocycles. The molecular weight excluding hydrogens is 585 g/mol. The zero-order valence-electron chi connectivity index (χ0n) is 23.0. The van der Waals surface area contributed by atoms with Gasteiger partial charge in [-0.15, -0.1) is 0 Å². The van der Waals surface area contributed by atoms with Crippen molar-refractivity contribution in [3.63, 3.8) is 0 Å². The van der Waals surface area contributed by atoms with Gasteiger partial charge in [0.25, 0.3) is 5.91 Å².